The summed E-state index contributed by atoms with van der Waals surface area (Å²) in [4.78, 5) is 11.5. The molecule has 1 aliphatic carbocycles. The molecule has 0 amide bonds. The van der Waals surface area contributed by atoms with Gasteiger partial charge in [-0.2, -0.15) is 0 Å². The molecule has 0 aromatic heterocycles. The van der Waals surface area contributed by atoms with Gasteiger partial charge in [-0.05, 0) is 72.3 Å². The van der Waals surface area contributed by atoms with E-state index in [0.29, 0.717) is 6.61 Å². The summed E-state index contributed by atoms with van der Waals surface area (Å²) < 4.78 is 4.93. The molecule has 0 bridgehead atoms. The van der Waals surface area contributed by atoms with Gasteiger partial charge < -0.3 is 4.74 Å². The maximum absolute atomic E-state index is 11.5. The standard InChI is InChI=1S/C25H34O2/c1-8-27-23(26)16-18(2)10-9-11-19(3)20-12-13-21-22(17-20)25(6,7)15-14-24(21,4)5/h9-13,16-17H,8,14-15H2,1-7H3/b10-9+,18-16+,19-11-. The number of esters is 1. The van der Waals surface area contributed by atoms with E-state index in [4.69, 9.17) is 4.74 Å². The second kappa shape index (κ2) is 8.29. The van der Waals surface area contributed by atoms with Crippen molar-refractivity contribution < 1.29 is 9.53 Å². The molecule has 0 heterocycles. The Morgan fingerprint density at radius 2 is 1.70 bits per heavy atom. The molecule has 0 atom stereocenters. The SMILES string of the molecule is CCOC(=O)/C=C(C)/C=C/C=C(/C)c1ccc2c(c1)C(C)(C)CCC2(C)C. The molecule has 1 aliphatic rings. The second-order valence-corrected chi connectivity index (χ2v) is 8.88. The molecule has 0 aliphatic heterocycles. The van der Waals surface area contributed by atoms with Gasteiger partial charge in [0, 0.05) is 6.08 Å². The first kappa shape index (κ1) is 21.2. The normalized spacial score (nSPS) is 19.1. The highest BCUT2D eigenvalue weighted by molar-refractivity contribution is 5.83. The maximum atomic E-state index is 11.5. The first-order valence-electron chi connectivity index (χ1n) is 9.92. The molecule has 146 valence electrons. The molecule has 1 aromatic rings. The van der Waals surface area contributed by atoms with Crippen molar-refractivity contribution in [2.75, 3.05) is 6.61 Å². The Labute approximate surface area is 165 Å². The summed E-state index contributed by atoms with van der Waals surface area (Å²) >= 11 is 0. The van der Waals surface area contributed by atoms with E-state index in [-0.39, 0.29) is 16.8 Å². The lowest BCUT2D eigenvalue weighted by molar-refractivity contribution is -0.137. The number of hydrogen-bond donors (Lipinski definition) is 0. The first-order chi connectivity index (χ1) is 12.6. The van der Waals surface area contributed by atoms with Crippen LogP contribution in [-0.2, 0) is 20.4 Å². The fourth-order valence-electron chi connectivity index (χ4n) is 3.69. The summed E-state index contributed by atoms with van der Waals surface area (Å²) in [5, 5.41) is 0. The number of ether oxygens (including phenoxy) is 1. The van der Waals surface area contributed by atoms with Crippen molar-refractivity contribution in [2.45, 2.75) is 72.1 Å². The zero-order valence-electron chi connectivity index (χ0n) is 18.0. The number of fused-ring (bicyclic) bond motifs is 1. The minimum Gasteiger partial charge on any atom is -0.463 e. The zero-order chi connectivity index (χ0) is 20.2. The Morgan fingerprint density at radius 1 is 1.07 bits per heavy atom. The highest BCUT2D eigenvalue weighted by Crippen LogP contribution is 2.46. The van der Waals surface area contributed by atoms with Crippen molar-refractivity contribution in [3.05, 3.63) is 64.8 Å². The minimum atomic E-state index is -0.292. The Morgan fingerprint density at radius 3 is 2.33 bits per heavy atom. The zero-order valence-corrected chi connectivity index (χ0v) is 18.0. The molecular weight excluding hydrogens is 332 g/mol. The third-order valence-electron chi connectivity index (χ3n) is 5.65. The minimum absolute atomic E-state index is 0.218. The quantitative estimate of drug-likeness (QED) is 0.337. The largest absolute Gasteiger partial charge is 0.463 e. The number of benzene rings is 1. The van der Waals surface area contributed by atoms with Crippen LogP contribution in [0.2, 0.25) is 0 Å². The van der Waals surface area contributed by atoms with Gasteiger partial charge >= 0.3 is 5.97 Å². The van der Waals surface area contributed by atoms with Gasteiger partial charge in [0.1, 0.15) is 0 Å². The van der Waals surface area contributed by atoms with Gasteiger partial charge in [0.25, 0.3) is 0 Å². The van der Waals surface area contributed by atoms with Gasteiger partial charge in [-0.3, -0.25) is 0 Å². The van der Waals surface area contributed by atoms with E-state index < -0.39 is 0 Å². The van der Waals surface area contributed by atoms with Crippen molar-refractivity contribution in [2.24, 2.45) is 0 Å². The van der Waals surface area contributed by atoms with Crippen LogP contribution in [0.25, 0.3) is 5.57 Å². The topological polar surface area (TPSA) is 26.3 Å². The molecule has 0 saturated heterocycles. The molecule has 0 unspecified atom stereocenters. The van der Waals surface area contributed by atoms with E-state index >= 15 is 0 Å². The van der Waals surface area contributed by atoms with E-state index in [9.17, 15) is 4.79 Å². The van der Waals surface area contributed by atoms with Crippen LogP contribution < -0.4 is 0 Å². The van der Waals surface area contributed by atoms with E-state index in [1.165, 1.54) is 41.2 Å². The fourth-order valence-corrected chi connectivity index (χ4v) is 3.69. The van der Waals surface area contributed by atoms with E-state index in [0.717, 1.165) is 5.57 Å². The fraction of sp³-hybridized carbons (Fsp3) is 0.480. The van der Waals surface area contributed by atoms with Crippen LogP contribution in [0.5, 0.6) is 0 Å². The van der Waals surface area contributed by atoms with Crippen molar-refractivity contribution >= 4 is 11.5 Å². The van der Waals surface area contributed by atoms with Gasteiger partial charge in [-0.1, -0.05) is 64.1 Å². The van der Waals surface area contributed by atoms with Crippen LogP contribution in [0.3, 0.4) is 0 Å². The van der Waals surface area contributed by atoms with Crippen LogP contribution in [-0.4, -0.2) is 12.6 Å². The average molecular weight is 367 g/mol. The summed E-state index contributed by atoms with van der Waals surface area (Å²) in [7, 11) is 0. The van der Waals surface area contributed by atoms with E-state index in [1.54, 1.807) is 0 Å². The third-order valence-corrected chi connectivity index (χ3v) is 5.65. The predicted octanol–water partition coefficient (Wildman–Crippen LogP) is 6.50. The maximum Gasteiger partial charge on any atom is 0.330 e. The monoisotopic (exact) mass is 366 g/mol. The third kappa shape index (κ3) is 5.22. The van der Waals surface area contributed by atoms with E-state index in [2.05, 4.69) is 58.9 Å². The van der Waals surface area contributed by atoms with Gasteiger partial charge in [-0.15, -0.1) is 0 Å². The summed E-state index contributed by atoms with van der Waals surface area (Å²) in [6.45, 7) is 15.7. The summed E-state index contributed by atoms with van der Waals surface area (Å²) in [6.07, 6.45) is 10.0. The second-order valence-electron chi connectivity index (χ2n) is 8.88. The highest BCUT2D eigenvalue weighted by Gasteiger charge is 2.36. The molecule has 0 fully saturated rings. The van der Waals surface area contributed by atoms with E-state index in [1.807, 2.05) is 26.0 Å². The van der Waals surface area contributed by atoms with Crippen molar-refractivity contribution in [3.8, 4) is 0 Å². The van der Waals surface area contributed by atoms with Gasteiger partial charge in [0.2, 0.25) is 0 Å². The number of carbonyl (C=O) groups excluding carboxylic acids is 1. The van der Waals surface area contributed by atoms with Crippen molar-refractivity contribution in [1.82, 2.24) is 0 Å². The smallest absolute Gasteiger partial charge is 0.330 e. The lowest BCUT2D eigenvalue weighted by Gasteiger charge is -2.42. The first-order valence-corrected chi connectivity index (χ1v) is 9.92. The van der Waals surface area contributed by atoms with Gasteiger partial charge in [0.15, 0.2) is 0 Å². The Hall–Kier alpha value is -2.09. The van der Waals surface area contributed by atoms with Gasteiger partial charge in [-0.25, -0.2) is 4.79 Å². The summed E-state index contributed by atoms with van der Waals surface area (Å²) in [5.74, 6) is -0.292. The van der Waals surface area contributed by atoms with Crippen molar-refractivity contribution in [3.63, 3.8) is 0 Å². The molecule has 2 rings (SSSR count). The molecule has 1 aromatic carbocycles. The number of carbonyl (C=O) groups is 1. The Bertz CT molecular complexity index is 789. The summed E-state index contributed by atoms with van der Waals surface area (Å²) in [5.41, 5.74) is 6.79. The Kier molecular flexibility index (Phi) is 6.51. The van der Waals surface area contributed by atoms with Crippen molar-refractivity contribution in [1.29, 1.82) is 0 Å². The molecule has 2 heteroatoms. The van der Waals surface area contributed by atoms with Crippen LogP contribution in [0.4, 0.5) is 0 Å². The van der Waals surface area contributed by atoms with Crippen LogP contribution >= 0.6 is 0 Å². The van der Waals surface area contributed by atoms with Crippen LogP contribution in [0, 0.1) is 0 Å². The van der Waals surface area contributed by atoms with Gasteiger partial charge in [0.05, 0.1) is 6.61 Å². The number of allylic oxidation sites excluding steroid dienone is 5. The molecule has 0 saturated carbocycles. The van der Waals surface area contributed by atoms with Crippen LogP contribution in [0.1, 0.15) is 78.0 Å². The number of hydrogen-bond acceptors (Lipinski definition) is 2. The lowest BCUT2D eigenvalue weighted by atomic mass is 9.63. The summed E-state index contributed by atoms with van der Waals surface area (Å²) in [6, 6.07) is 6.93. The highest BCUT2D eigenvalue weighted by atomic mass is 16.5. The number of rotatable bonds is 5. The molecule has 2 nitrogen and oxygen atoms in total. The average Bonchev–Trinajstić information content (AvgIpc) is 2.59. The Balaban J connectivity index is 2.25. The predicted molar refractivity (Wildman–Crippen MR) is 115 cm³/mol. The molecule has 27 heavy (non-hydrogen) atoms. The van der Waals surface area contributed by atoms with Crippen LogP contribution in [0.15, 0.2) is 48.1 Å². The molecular formula is C25H34O2. The lowest BCUT2D eigenvalue weighted by Crippen LogP contribution is -2.33. The molecule has 0 spiro atoms. The molecule has 0 radical (unpaired) electrons. The molecule has 0 N–H and O–H groups in total.